The van der Waals surface area contributed by atoms with Crippen LogP contribution in [0.5, 0.6) is 11.5 Å². The van der Waals surface area contributed by atoms with Gasteiger partial charge in [0.2, 0.25) is 0 Å². The number of hydrogen-bond donors (Lipinski definition) is 0. The number of benzene rings is 2. The molecule has 4 nitrogen and oxygen atoms in total. The lowest BCUT2D eigenvalue weighted by Crippen LogP contribution is -2.25. The average Bonchev–Trinajstić information content (AvgIpc) is 2.85. The fourth-order valence-corrected chi connectivity index (χ4v) is 7.15. The predicted molar refractivity (Wildman–Crippen MR) is 184 cm³/mol. The molecule has 0 saturated heterocycles. The summed E-state index contributed by atoms with van der Waals surface area (Å²) >= 11 is 22.0. The number of ether oxygens (including phenoxy) is 4. The molecular formula is C29H38Br6O4. The van der Waals surface area contributed by atoms with E-state index in [9.17, 15) is 0 Å². The van der Waals surface area contributed by atoms with Crippen molar-refractivity contribution < 1.29 is 18.9 Å². The van der Waals surface area contributed by atoms with Gasteiger partial charge in [0.05, 0.1) is 17.9 Å². The van der Waals surface area contributed by atoms with E-state index < -0.39 is 0 Å². The molecule has 0 aliphatic carbocycles. The van der Waals surface area contributed by atoms with Gasteiger partial charge >= 0.3 is 0 Å². The molecule has 2 atom stereocenters. The third-order valence-electron chi connectivity index (χ3n) is 5.94. The molecule has 2 aromatic rings. The Morgan fingerprint density at radius 3 is 1.15 bits per heavy atom. The molecule has 2 rings (SSSR count). The van der Waals surface area contributed by atoms with E-state index in [-0.39, 0.29) is 17.6 Å². The summed E-state index contributed by atoms with van der Waals surface area (Å²) in [6.45, 7) is 15.3. The molecule has 0 aliphatic rings. The summed E-state index contributed by atoms with van der Waals surface area (Å²) in [5.74, 6) is 2.48. The van der Waals surface area contributed by atoms with Gasteiger partial charge in [-0.15, -0.1) is 0 Å². The number of hydrogen-bond acceptors (Lipinski definition) is 4. The van der Waals surface area contributed by atoms with Gasteiger partial charge in [-0.2, -0.15) is 0 Å². The zero-order valence-corrected chi connectivity index (χ0v) is 32.8. The summed E-state index contributed by atoms with van der Waals surface area (Å²) in [4.78, 5) is 0. The zero-order valence-electron chi connectivity index (χ0n) is 23.3. The van der Waals surface area contributed by atoms with Crippen LogP contribution >= 0.6 is 95.6 Å². The number of rotatable bonds is 16. The molecule has 10 heteroatoms. The van der Waals surface area contributed by atoms with Crippen LogP contribution < -0.4 is 9.47 Å². The third kappa shape index (κ3) is 11.1. The van der Waals surface area contributed by atoms with Crippen LogP contribution in [0.25, 0.3) is 0 Å². The highest BCUT2D eigenvalue weighted by Gasteiger charge is 2.28. The van der Waals surface area contributed by atoms with Crippen LogP contribution in [-0.4, -0.2) is 49.3 Å². The van der Waals surface area contributed by atoms with Crippen molar-refractivity contribution in [1.82, 2.24) is 0 Å². The Morgan fingerprint density at radius 1 is 0.590 bits per heavy atom. The van der Waals surface area contributed by atoms with E-state index in [0.717, 1.165) is 40.5 Å². The molecule has 0 aromatic heterocycles. The third-order valence-corrected chi connectivity index (χ3v) is 9.74. The smallest absolute Gasteiger partial charge is 0.147 e. The Bertz CT molecular complexity index is 933. The van der Waals surface area contributed by atoms with Crippen LogP contribution in [0.4, 0.5) is 0 Å². The maximum absolute atomic E-state index is 6.17. The highest BCUT2D eigenvalue weighted by Crippen LogP contribution is 2.44. The van der Waals surface area contributed by atoms with Crippen LogP contribution in [0.2, 0.25) is 0 Å². The monoisotopic (exact) mass is 924 g/mol. The Hall–Kier alpha value is 0.840. The van der Waals surface area contributed by atoms with Gasteiger partial charge in [-0.3, -0.25) is 0 Å². The lowest BCUT2D eigenvalue weighted by Gasteiger charge is -2.29. The quantitative estimate of drug-likeness (QED) is 0.157. The van der Waals surface area contributed by atoms with E-state index in [4.69, 9.17) is 18.9 Å². The van der Waals surface area contributed by atoms with Gasteiger partial charge in [0.15, 0.2) is 0 Å². The fourth-order valence-electron chi connectivity index (χ4n) is 3.57. The molecule has 0 spiro atoms. The van der Waals surface area contributed by atoms with Crippen molar-refractivity contribution in [3.63, 3.8) is 0 Å². The first-order valence-electron chi connectivity index (χ1n) is 12.9. The Balaban J connectivity index is 2.21. The van der Waals surface area contributed by atoms with E-state index in [2.05, 4.69) is 161 Å². The molecule has 39 heavy (non-hydrogen) atoms. The first-order valence-corrected chi connectivity index (χ1v) is 18.3. The Morgan fingerprint density at radius 2 is 0.897 bits per heavy atom. The lowest BCUT2D eigenvalue weighted by molar-refractivity contribution is 0.0214. The summed E-state index contributed by atoms with van der Waals surface area (Å²) in [5.41, 5.74) is 1.97. The van der Waals surface area contributed by atoms with Crippen molar-refractivity contribution in [1.29, 1.82) is 0 Å². The molecule has 2 aromatic carbocycles. The minimum atomic E-state index is -0.301. The van der Waals surface area contributed by atoms with E-state index in [1.807, 2.05) is 0 Å². The molecule has 0 bridgehead atoms. The van der Waals surface area contributed by atoms with E-state index in [0.29, 0.717) is 48.9 Å². The summed E-state index contributed by atoms with van der Waals surface area (Å²) in [5, 5.41) is 1.43. The van der Waals surface area contributed by atoms with Gasteiger partial charge in [0, 0.05) is 29.3 Å². The molecule has 220 valence electrons. The molecule has 0 N–H and O–H groups in total. The molecule has 0 aliphatic heterocycles. The van der Waals surface area contributed by atoms with Gasteiger partial charge in [-0.05, 0) is 111 Å². The van der Waals surface area contributed by atoms with Crippen molar-refractivity contribution >= 4 is 95.6 Å². The number of alkyl halides is 2. The fraction of sp³-hybridized carbons (Fsp3) is 0.586. The number of halogens is 6. The summed E-state index contributed by atoms with van der Waals surface area (Å²) < 4.78 is 27.8. The maximum Gasteiger partial charge on any atom is 0.147 e. The summed E-state index contributed by atoms with van der Waals surface area (Å²) in [7, 11) is 0. The molecule has 0 amide bonds. The normalized spacial score (nSPS) is 13.7. The standard InChI is InChI=1S/C29H38Br6O4/c1-17(2)13-36-21(11-30)15-38-27-23(32)7-19(8-24(27)33)29(5,6)20-9-25(34)28(26(35)10-20)39-16-22(12-31)37-14-18(3)4/h7-10,17-18,21-22H,11-16H2,1-6H3. The minimum Gasteiger partial charge on any atom is -0.488 e. The van der Waals surface area contributed by atoms with Crippen LogP contribution in [0.1, 0.15) is 52.7 Å². The molecule has 0 saturated carbocycles. The van der Waals surface area contributed by atoms with Crippen molar-refractivity contribution in [3.8, 4) is 11.5 Å². The Labute approximate surface area is 284 Å². The van der Waals surface area contributed by atoms with Crippen LogP contribution in [0.3, 0.4) is 0 Å². The van der Waals surface area contributed by atoms with Gasteiger partial charge < -0.3 is 18.9 Å². The minimum absolute atomic E-state index is 0.0238. The van der Waals surface area contributed by atoms with E-state index >= 15 is 0 Å². The molecule has 0 heterocycles. The molecule has 2 unspecified atom stereocenters. The maximum atomic E-state index is 6.17. The van der Waals surface area contributed by atoms with Gasteiger partial charge in [0.25, 0.3) is 0 Å². The highest BCUT2D eigenvalue weighted by atomic mass is 79.9. The van der Waals surface area contributed by atoms with Gasteiger partial charge in [-0.1, -0.05) is 73.4 Å². The predicted octanol–water partition coefficient (Wildman–Crippen LogP) is 10.7. The van der Waals surface area contributed by atoms with Crippen LogP contribution in [0, 0.1) is 11.8 Å². The van der Waals surface area contributed by atoms with Crippen molar-refractivity contribution in [2.45, 2.75) is 59.2 Å². The molecule has 0 fully saturated rings. The second kappa shape index (κ2) is 17.2. The van der Waals surface area contributed by atoms with Gasteiger partial charge in [-0.25, -0.2) is 0 Å². The topological polar surface area (TPSA) is 36.9 Å². The first-order chi connectivity index (χ1) is 18.3. The van der Waals surface area contributed by atoms with Gasteiger partial charge in [0.1, 0.15) is 36.9 Å². The van der Waals surface area contributed by atoms with Crippen molar-refractivity contribution in [2.75, 3.05) is 37.1 Å². The van der Waals surface area contributed by atoms with Crippen LogP contribution in [0.15, 0.2) is 42.2 Å². The summed E-state index contributed by atoms with van der Waals surface area (Å²) in [6, 6.07) is 8.49. The largest absolute Gasteiger partial charge is 0.488 e. The average molecular weight is 930 g/mol. The van der Waals surface area contributed by atoms with E-state index in [1.54, 1.807) is 0 Å². The van der Waals surface area contributed by atoms with Crippen molar-refractivity contribution in [3.05, 3.63) is 53.3 Å². The van der Waals surface area contributed by atoms with E-state index in [1.165, 1.54) is 0 Å². The highest BCUT2D eigenvalue weighted by molar-refractivity contribution is 9.11. The van der Waals surface area contributed by atoms with Crippen molar-refractivity contribution in [2.24, 2.45) is 11.8 Å². The Kier molecular flexibility index (Phi) is 15.9. The summed E-state index contributed by atoms with van der Waals surface area (Å²) in [6.07, 6.45) is -0.0476. The van der Waals surface area contributed by atoms with Crippen LogP contribution in [-0.2, 0) is 14.9 Å². The molecular weight excluding hydrogens is 892 g/mol. The second-order valence-corrected chi connectivity index (χ2v) is 15.5. The second-order valence-electron chi connectivity index (χ2n) is 10.8. The first kappa shape index (κ1) is 36.0. The zero-order chi connectivity index (χ0) is 29.3. The SMILES string of the molecule is CC(C)COC(CBr)COc1c(Br)cc(C(C)(C)c2cc(Br)c(OCC(CBr)OCC(C)C)c(Br)c2)cc1Br. The lowest BCUT2D eigenvalue weighted by atomic mass is 9.78. The molecule has 0 radical (unpaired) electrons.